The fraction of sp³-hybridized carbons (Fsp3) is 0.667. The minimum atomic E-state index is -0.207. The van der Waals surface area contributed by atoms with Gasteiger partial charge in [0.1, 0.15) is 5.82 Å². The number of carbonyl (C=O) groups is 2. The first-order valence-electron chi connectivity index (χ1n) is 7.67. The van der Waals surface area contributed by atoms with Crippen molar-refractivity contribution in [1.29, 1.82) is 0 Å². The lowest BCUT2D eigenvalue weighted by atomic mass is 10.1. The Balaban J connectivity index is 2.01. The lowest BCUT2D eigenvalue weighted by Gasteiger charge is -2.09. The third kappa shape index (κ3) is 3.83. The molecule has 0 radical (unpaired) electrons. The molecule has 0 aromatic carbocycles. The van der Waals surface area contributed by atoms with E-state index in [2.05, 4.69) is 15.7 Å². The fourth-order valence-corrected chi connectivity index (χ4v) is 2.51. The molecule has 6 nitrogen and oxygen atoms in total. The Morgan fingerprint density at radius 1 is 1.43 bits per heavy atom. The SMILES string of the molecule is CCC(C)NC(=O)c1cc(NC(=O)C2CCCC2)n(C)n1. The van der Waals surface area contributed by atoms with Crippen LogP contribution in [0.15, 0.2) is 6.07 Å². The Bertz CT molecular complexity index is 518. The summed E-state index contributed by atoms with van der Waals surface area (Å²) in [6.07, 6.45) is 5.00. The molecule has 0 saturated heterocycles. The topological polar surface area (TPSA) is 76.0 Å². The quantitative estimate of drug-likeness (QED) is 0.872. The third-order valence-corrected chi connectivity index (χ3v) is 4.08. The molecule has 1 aliphatic carbocycles. The number of amides is 2. The number of nitrogens with one attached hydrogen (secondary N) is 2. The summed E-state index contributed by atoms with van der Waals surface area (Å²) in [4.78, 5) is 24.1. The molecule has 1 fully saturated rings. The second-order valence-corrected chi connectivity index (χ2v) is 5.79. The van der Waals surface area contributed by atoms with E-state index in [0.29, 0.717) is 11.5 Å². The van der Waals surface area contributed by atoms with Crippen molar-refractivity contribution in [2.24, 2.45) is 13.0 Å². The van der Waals surface area contributed by atoms with E-state index in [-0.39, 0.29) is 23.8 Å². The molecule has 0 spiro atoms. The van der Waals surface area contributed by atoms with Gasteiger partial charge in [0.25, 0.3) is 5.91 Å². The molecule has 2 rings (SSSR count). The van der Waals surface area contributed by atoms with Gasteiger partial charge in [-0.25, -0.2) is 0 Å². The molecule has 1 aromatic heterocycles. The number of rotatable bonds is 5. The van der Waals surface area contributed by atoms with Gasteiger partial charge < -0.3 is 10.6 Å². The van der Waals surface area contributed by atoms with Crippen LogP contribution in [0.2, 0.25) is 0 Å². The van der Waals surface area contributed by atoms with Gasteiger partial charge in [-0.05, 0) is 26.2 Å². The number of aryl methyl sites for hydroxylation is 1. The van der Waals surface area contributed by atoms with E-state index in [9.17, 15) is 9.59 Å². The highest BCUT2D eigenvalue weighted by molar-refractivity contribution is 5.96. The Hall–Kier alpha value is -1.85. The van der Waals surface area contributed by atoms with Gasteiger partial charge in [0.05, 0.1) is 0 Å². The number of carbonyl (C=O) groups excluding carboxylic acids is 2. The Kier molecular flexibility index (Phi) is 4.98. The Labute approximate surface area is 125 Å². The predicted molar refractivity (Wildman–Crippen MR) is 81.0 cm³/mol. The van der Waals surface area contributed by atoms with E-state index in [1.54, 1.807) is 17.8 Å². The van der Waals surface area contributed by atoms with Crippen LogP contribution in [-0.4, -0.2) is 27.6 Å². The number of hydrogen-bond acceptors (Lipinski definition) is 3. The molecule has 116 valence electrons. The standard InChI is InChI=1S/C15H24N4O2/c1-4-10(2)16-15(21)12-9-13(19(3)18-12)17-14(20)11-7-5-6-8-11/h9-11H,4-8H2,1-3H3,(H,16,21)(H,17,20). The Morgan fingerprint density at radius 3 is 2.71 bits per heavy atom. The van der Waals surface area contributed by atoms with Crippen LogP contribution in [0.25, 0.3) is 0 Å². The fourth-order valence-electron chi connectivity index (χ4n) is 2.51. The van der Waals surface area contributed by atoms with Crippen LogP contribution >= 0.6 is 0 Å². The van der Waals surface area contributed by atoms with Gasteiger partial charge in [0.2, 0.25) is 5.91 Å². The van der Waals surface area contributed by atoms with Gasteiger partial charge >= 0.3 is 0 Å². The van der Waals surface area contributed by atoms with Crippen LogP contribution in [0.4, 0.5) is 5.82 Å². The predicted octanol–water partition coefficient (Wildman–Crippen LogP) is 2.08. The summed E-state index contributed by atoms with van der Waals surface area (Å²) in [6.45, 7) is 3.96. The molecule has 2 amide bonds. The highest BCUT2D eigenvalue weighted by atomic mass is 16.2. The first kappa shape index (κ1) is 15.5. The normalized spacial score (nSPS) is 16.7. The van der Waals surface area contributed by atoms with Gasteiger partial charge in [0.15, 0.2) is 5.69 Å². The average molecular weight is 292 g/mol. The zero-order valence-corrected chi connectivity index (χ0v) is 13.0. The molecule has 21 heavy (non-hydrogen) atoms. The number of nitrogens with zero attached hydrogens (tertiary/aromatic N) is 2. The van der Waals surface area contributed by atoms with Gasteiger partial charge in [0, 0.05) is 25.1 Å². The van der Waals surface area contributed by atoms with Gasteiger partial charge in [-0.3, -0.25) is 14.3 Å². The summed E-state index contributed by atoms with van der Waals surface area (Å²) in [7, 11) is 1.73. The van der Waals surface area contributed by atoms with Crippen molar-refractivity contribution >= 4 is 17.6 Å². The summed E-state index contributed by atoms with van der Waals surface area (Å²) < 4.78 is 1.54. The molecule has 1 aliphatic rings. The van der Waals surface area contributed by atoms with Crippen LogP contribution in [-0.2, 0) is 11.8 Å². The van der Waals surface area contributed by atoms with Crippen molar-refractivity contribution in [1.82, 2.24) is 15.1 Å². The monoisotopic (exact) mass is 292 g/mol. The number of aromatic nitrogens is 2. The van der Waals surface area contributed by atoms with Crippen molar-refractivity contribution in [3.05, 3.63) is 11.8 Å². The number of hydrogen-bond donors (Lipinski definition) is 2. The average Bonchev–Trinajstić information content (AvgIpc) is 3.09. The molecule has 6 heteroatoms. The van der Waals surface area contributed by atoms with Crippen molar-refractivity contribution in [3.63, 3.8) is 0 Å². The largest absolute Gasteiger partial charge is 0.348 e. The van der Waals surface area contributed by atoms with E-state index in [1.165, 1.54) is 0 Å². The van der Waals surface area contributed by atoms with Crippen molar-refractivity contribution in [2.75, 3.05) is 5.32 Å². The molecule has 0 aliphatic heterocycles. The van der Waals surface area contributed by atoms with Crippen LogP contribution in [0.5, 0.6) is 0 Å². The lowest BCUT2D eigenvalue weighted by Crippen LogP contribution is -2.32. The minimum absolute atomic E-state index is 0.0318. The molecule has 1 unspecified atom stereocenters. The summed E-state index contributed by atoms with van der Waals surface area (Å²) in [6, 6.07) is 1.74. The first-order chi connectivity index (χ1) is 10.0. The summed E-state index contributed by atoms with van der Waals surface area (Å²) in [5.74, 6) is 0.490. The zero-order valence-electron chi connectivity index (χ0n) is 13.0. The second kappa shape index (κ2) is 6.74. The smallest absolute Gasteiger partial charge is 0.272 e. The highest BCUT2D eigenvalue weighted by Crippen LogP contribution is 2.26. The maximum absolute atomic E-state index is 12.1. The van der Waals surface area contributed by atoms with E-state index in [0.717, 1.165) is 32.1 Å². The van der Waals surface area contributed by atoms with Crippen molar-refractivity contribution in [2.45, 2.75) is 52.0 Å². The maximum Gasteiger partial charge on any atom is 0.272 e. The third-order valence-electron chi connectivity index (χ3n) is 4.08. The molecular formula is C15H24N4O2. The molecule has 2 N–H and O–H groups in total. The number of anilines is 1. The molecule has 1 atom stereocenters. The minimum Gasteiger partial charge on any atom is -0.348 e. The van der Waals surface area contributed by atoms with Crippen LogP contribution in [0, 0.1) is 5.92 Å². The maximum atomic E-state index is 12.1. The molecule has 1 aromatic rings. The van der Waals surface area contributed by atoms with Gasteiger partial charge in [-0.1, -0.05) is 19.8 Å². The molecule has 1 saturated carbocycles. The summed E-state index contributed by atoms with van der Waals surface area (Å²) >= 11 is 0. The van der Waals surface area contributed by atoms with Crippen molar-refractivity contribution < 1.29 is 9.59 Å². The first-order valence-corrected chi connectivity index (χ1v) is 7.67. The van der Waals surface area contributed by atoms with E-state index >= 15 is 0 Å². The van der Waals surface area contributed by atoms with E-state index in [4.69, 9.17) is 0 Å². The molecule has 1 heterocycles. The van der Waals surface area contributed by atoms with Crippen LogP contribution < -0.4 is 10.6 Å². The van der Waals surface area contributed by atoms with Gasteiger partial charge in [-0.15, -0.1) is 0 Å². The summed E-state index contributed by atoms with van der Waals surface area (Å²) in [5.41, 5.74) is 0.333. The highest BCUT2D eigenvalue weighted by Gasteiger charge is 2.24. The lowest BCUT2D eigenvalue weighted by molar-refractivity contribution is -0.119. The van der Waals surface area contributed by atoms with E-state index < -0.39 is 0 Å². The van der Waals surface area contributed by atoms with Crippen LogP contribution in [0.3, 0.4) is 0 Å². The second-order valence-electron chi connectivity index (χ2n) is 5.79. The molecular weight excluding hydrogens is 268 g/mol. The zero-order chi connectivity index (χ0) is 15.4. The van der Waals surface area contributed by atoms with Gasteiger partial charge in [-0.2, -0.15) is 5.10 Å². The van der Waals surface area contributed by atoms with Crippen LogP contribution in [0.1, 0.15) is 56.4 Å². The van der Waals surface area contributed by atoms with E-state index in [1.807, 2.05) is 13.8 Å². The Morgan fingerprint density at radius 2 is 2.10 bits per heavy atom. The van der Waals surface area contributed by atoms with Crippen molar-refractivity contribution in [3.8, 4) is 0 Å². The summed E-state index contributed by atoms with van der Waals surface area (Å²) in [5, 5.41) is 9.91. The molecule has 0 bridgehead atoms.